The van der Waals surface area contributed by atoms with Crippen LogP contribution >= 0.6 is 11.8 Å². The van der Waals surface area contributed by atoms with Gasteiger partial charge in [-0.15, -0.1) is 11.8 Å². The molecule has 5 rings (SSSR count). The molecular formula is C27H20N4O3S. The molecule has 172 valence electrons. The molecule has 1 unspecified atom stereocenters. The first-order valence-corrected chi connectivity index (χ1v) is 11.9. The fourth-order valence-electron chi connectivity index (χ4n) is 4.04. The summed E-state index contributed by atoms with van der Waals surface area (Å²) in [6.07, 6.45) is 0. The Morgan fingerprint density at radius 1 is 1.09 bits per heavy atom. The Hall–Kier alpha value is -4.35. The van der Waals surface area contributed by atoms with E-state index in [1.54, 1.807) is 47.8 Å². The highest BCUT2D eigenvalue weighted by Crippen LogP contribution is 2.44. The van der Waals surface area contributed by atoms with Gasteiger partial charge in [0.15, 0.2) is 5.92 Å². The second kappa shape index (κ2) is 9.49. The predicted molar refractivity (Wildman–Crippen MR) is 134 cm³/mol. The molecular weight excluding hydrogens is 460 g/mol. The molecule has 1 amide bonds. The van der Waals surface area contributed by atoms with Crippen LogP contribution in [0.25, 0.3) is 16.9 Å². The average Bonchev–Trinajstić information content (AvgIpc) is 3.30. The lowest BCUT2D eigenvalue weighted by atomic mass is 9.97. The summed E-state index contributed by atoms with van der Waals surface area (Å²) >= 11 is 1.60. The zero-order valence-corrected chi connectivity index (χ0v) is 19.6. The SMILES string of the molecule is COc1cccc(-n2nc(C(=O)C(C#N)C(=O)Nc3ccccc3)c3c2-c2ccccc2SC3)c1. The molecule has 0 saturated carbocycles. The zero-order valence-electron chi connectivity index (χ0n) is 18.8. The van der Waals surface area contributed by atoms with Crippen molar-refractivity contribution < 1.29 is 14.3 Å². The smallest absolute Gasteiger partial charge is 0.249 e. The zero-order chi connectivity index (χ0) is 24.4. The average molecular weight is 481 g/mol. The number of methoxy groups -OCH3 is 1. The number of anilines is 1. The number of carbonyl (C=O) groups is 2. The molecule has 3 aromatic carbocycles. The van der Waals surface area contributed by atoms with Gasteiger partial charge in [-0.2, -0.15) is 10.4 Å². The van der Waals surface area contributed by atoms with Gasteiger partial charge < -0.3 is 10.1 Å². The van der Waals surface area contributed by atoms with Crippen LogP contribution in [-0.2, 0) is 10.5 Å². The molecule has 2 heterocycles. The molecule has 1 aromatic heterocycles. The van der Waals surface area contributed by atoms with E-state index < -0.39 is 17.6 Å². The Balaban J connectivity index is 1.61. The van der Waals surface area contributed by atoms with Crippen molar-refractivity contribution in [2.75, 3.05) is 12.4 Å². The highest BCUT2D eigenvalue weighted by molar-refractivity contribution is 7.98. The van der Waals surface area contributed by atoms with E-state index in [1.807, 2.05) is 60.7 Å². The van der Waals surface area contributed by atoms with Crippen molar-refractivity contribution in [3.63, 3.8) is 0 Å². The number of carbonyl (C=O) groups excluding carboxylic acids is 2. The number of ether oxygens (including phenoxy) is 1. The quantitative estimate of drug-likeness (QED) is 0.304. The van der Waals surface area contributed by atoms with Crippen LogP contribution < -0.4 is 10.1 Å². The van der Waals surface area contributed by atoms with E-state index in [1.165, 1.54) is 0 Å². The number of hydrogen-bond acceptors (Lipinski definition) is 6. The van der Waals surface area contributed by atoms with Crippen LogP contribution in [0.3, 0.4) is 0 Å². The summed E-state index contributed by atoms with van der Waals surface area (Å²) in [5, 5.41) is 17.1. The van der Waals surface area contributed by atoms with Crippen LogP contribution in [0.5, 0.6) is 5.75 Å². The second-order valence-electron chi connectivity index (χ2n) is 7.86. The first kappa shape index (κ1) is 22.4. The standard InChI is InChI=1S/C27H20N4O3S/c1-34-19-11-7-10-18(14-19)31-25-20-12-5-6-13-23(20)35-16-22(25)24(30-31)26(32)21(15-28)27(33)29-17-8-3-2-4-9-17/h2-14,21H,16H2,1H3,(H,29,33). The lowest BCUT2D eigenvalue weighted by Gasteiger charge is -2.18. The number of ketones is 1. The van der Waals surface area contributed by atoms with E-state index >= 15 is 0 Å². The Morgan fingerprint density at radius 3 is 2.63 bits per heavy atom. The number of nitrogens with zero attached hydrogens (tertiary/aromatic N) is 3. The van der Waals surface area contributed by atoms with Gasteiger partial charge in [-0.05, 0) is 30.3 Å². The lowest BCUT2D eigenvalue weighted by Crippen LogP contribution is -2.29. The van der Waals surface area contributed by atoms with Crippen LogP contribution in [0.1, 0.15) is 16.1 Å². The summed E-state index contributed by atoms with van der Waals surface area (Å²) < 4.78 is 7.08. The Bertz CT molecular complexity index is 1470. The number of benzene rings is 3. The summed E-state index contributed by atoms with van der Waals surface area (Å²) in [7, 11) is 1.58. The van der Waals surface area contributed by atoms with E-state index in [0.29, 0.717) is 28.4 Å². The first-order chi connectivity index (χ1) is 17.1. The number of thioether (sulfide) groups is 1. The highest BCUT2D eigenvalue weighted by atomic mass is 32.2. The summed E-state index contributed by atoms with van der Waals surface area (Å²) in [5.41, 5.74) is 3.77. The van der Waals surface area contributed by atoms with Gasteiger partial charge in [0.25, 0.3) is 0 Å². The minimum absolute atomic E-state index is 0.125. The third-order valence-electron chi connectivity index (χ3n) is 5.72. The number of aromatic nitrogens is 2. The molecule has 0 spiro atoms. The van der Waals surface area contributed by atoms with E-state index in [4.69, 9.17) is 4.74 Å². The second-order valence-corrected chi connectivity index (χ2v) is 8.87. The topological polar surface area (TPSA) is 97.0 Å². The van der Waals surface area contributed by atoms with Crippen molar-refractivity contribution in [3.8, 4) is 28.8 Å². The minimum Gasteiger partial charge on any atom is -0.497 e. The maximum atomic E-state index is 13.6. The summed E-state index contributed by atoms with van der Waals surface area (Å²) in [4.78, 5) is 27.5. The van der Waals surface area contributed by atoms with Crippen molar-refractivity contribution in [2.24, 2.45) is 5.92 Å². The molecule has 0 fully saturated rings. The fraction of sp³-hybridized carbons (Fsp3) is 0.111. The number of nitrogens with one attached hydrogen (secondary N) is 1. The number of hydrogen-bond donors (Lipinski definition) is 1. The maximum absolute atomic E-state index is 13.6. The number of Topliss-reactive ketones (excluding diaryl/α,β-unsaturated/α-hetero) is 1. The van der Waals surface area contributed by atoms with Gasteiger partial charge in [0.1, 0.15) is 11.4 Å². The molecule has 8 heteroatoms. The molecule has 4 aromatic rings. The monoisotopic (exact) mass is 480 g/mol. The molecule has 7 nitrogen and oxygen atoms in total. The van der Waals surface area contributed by atoms with Crippen LogP contribution in [0.15, 0.2) is 83.8 Å². The Morgan fingerprint density at radius 2 is 1.86 bits per heavy atom. The van der Waals surface area contributed by atoms with E-state index in [-0.39, 0.29) is 5.69 Å². The minimum atomic E-state index is -1.53. The number of nitriles is 1. The molecule has 0 saturated heterocycles. The van der Waals surface area contributed by atoms with Crippen molar-refractivity contribution in [1.82, 2.24) is 9.78 Å². The largest absolute Gasteiger partial charge is 0.497 e. The van der Waals surface area contributed by atoms with Crippen LogP contribution in [0, 0.1) is 17.2 Å². The fourth-order valence-corrected chi connectivity index (χ4v) is 5.11. The molecule has 1 atom stereocenters. The highest BCUT2D eigenvalue weighted by Gasteiger charge is 2.35. The van der Waals surface area contributed by atoms with Crippen LogP contribution in [0.2, 0.25) is 0 Å². The normalized spacial score (nSPS) is 12.6. The van der Waals surface area contributed by atoms with E-state index in [2.05, 4.69) is 10.4 Å². The van der Waals surface area contributed by atoms with Gasteiger partial charge in [-0.25, -0.2) is 4.68 Å². The molecule has 1 N–H and O–H groups in total. The summed E-state index contributed by atoms with van der Waals surface area (Å²) in [6.45, 7) is 0. The maximum Gasteiger partial charge on any atom is 0.249 e. The summed E-state index contributed by atoms with van der Waals surface area (Å²) in [6, 6.07) is 25.9. The molecule has 1 aliphatic heterocycles. The number of fused-ring (bicyclic) bond motifs is 3. The van der Waals surface area contributed by atoms with E-state index in [0.717, 1.165) is 16.2 Å². The van der Waals surface area contributed by atoms with Crippen molar-refractivity contribution in [1.29, 1.82) is 5.26 Å². The van der Waals surface area contributed by atoms with Crippen molar-refractivity contribution >= 4 is 29.1 Å². The van der Waals surface area contributed by atoms with Crippen LogP contribution in [-0.4, -0.2) is 28.6 Å². The van der Waals surface area contributed by atoms with E-state index in [9.17, 15) is 14.9 Å². The van der Waals surface area contributed by atoms with Gasteiger partial charge in [0, 0.05) is 33.5 Å². The number of rotatable bonds is 6. The molecule has 0 bridgehead atoms. The van der Waals surface area contributed by atoms with Crippen molar-refractivity contribution in [3.05, 3.63) is 90.1 Å². The first-order valence-electron chi connectivity index (χ1n) is 10.9. The van der Waals surface area contributed by atoms with Gasteiger partial charge >= 0.3 is 0 Å². The molecule has 0 radical (unpaired) electrons. The lowest BCUT2D eigenvalue weighted by molar-refractivity contribution is -0.117. The van der Waals surface area contributed by atoms with Gasteiger partial charge in [0.05, 0.1) is 24.6 Å². The summed E-state index contributed by atoms with van der Waals surface area (Å²) in [5.74, 6) is -1.70. The predicted octanol–water partition coefficient (Wildman–Crippen LogP) is 5.11. The molecule has 1 aliphatic rings. The Labute approximate surface area is 206 Å². The third-order valence-corrected chi connectivity index (χ3v) is 6.82. The third kappa shape index (κ3) is 4.18. The molecule has 0 aliphatic carbocycles. The van der Waals surface area contributed by atoms with Gasteiger partial charge in [-0.1, -0.05) is 42.5 Å². The van der Waals surface area contributed by atoms with Gasteiger partial charge in [0.2, 0.25) is 11.7 Å². The molecule has 35 heavy (non-hydrogen) atoms. The van der Waals surface area contributed by atoms with Crippen molar-refractivity contribution in [2.45, 2.75) is 10.6 Å². The van der Waals surface area contributed by atoms with Crippen LogP contribution in [0.4, 0.5) is 5.69 Å². The number of para-hydroxylation sites is 1. The number of amides is 1. The Kier molecular flexibility index (Phi) is 6.08. The van der Waals surface area contributed by atoms with Gasteiger partial charge in [-0.3, -0.25) is 9.59 Å².